The monoisotopic (exact) mass is 238 g/mol. The molecule has 0 spiro atoms. The van der Waals surface area contributed by atoms with Crippen LogP contribution < -0.4 is 0 Å². The smallest absolute Gasteiger partial charge is 0.213 e. The van der Waals surface area contributed by atoms with Crippen molar-refractivity contribution in [3.8, 4) is 5.88 Å². The summed E-state index contributed by atoms with van der Waals surface area (Å²) in [5, 5.41) is 14.9. The van der Waals surface area contributed by atoms with Gasteiger partial charge in [0.1, 0.15) is 0 Å². The van der Waals surface area contributed by atoms with Gasteiger partial charge in [0.05, 0.1) is 11.2 Å². The maximum Gasteiger partial charge on any atom is 0.213 e. The summed E-state index contributed by atoms with van der Waals surface area (Å²) in [4.78, 5) is 0. The van der Waals surface area contributed by atoms with Crippen molar-refractivity contribution < 1.29 is 5.11 Å². The first-order valence-corrected chi connectivity index (χ1v) is 6.60. The molecule has 0 bridgehead atoms. The van der Waals surface area contributed by atoms with E-state index in [0.29, 0.717) is 11.8 Å². The Labute approximate surface area is 105 Å². The van der Waals surface area contributed by atoms with Gasteiger partial charge in [-0.3, -0.25) is 0 Å². The molecule has 0 aliphatic heterocycles. The van der Waals surface area contributed by atoms with Crippen molar-refractivity contribution in [1.82, 2.24) is 9.78 Å². The average molecular weight is 238 g/mol. The van der Waals surface area contributed by atoms with Gasteiger partial charge in [-0.2, -0.15) is 5.10 Å². The summed E-state index contributed by atoms with van der Waals surface area (Å²) < 4.78 is 1.76. The molecule has 0 radical (unpaired) electrons. The van der Waals surface area contributed by atoms with Crippen LogP contribution in [0.2, 0.25) is 0 Å². The number of hydrogen-bond acceptors (Lipinski definition) is 2. The molecule has 3 heteroatoms. The molecule has 0 atom stereocenters. The minimum Gasteiger partial charge on any atom is -0.493 e. The van der Waals surface area contributed by atoms with E-state index in [9.17, 15) is 5.11 Å². The lowest BCUT2D eigenvalue weighted by molar-refractivity contribution is 0.292. The Morgan fingerprint density at radius 3 is 2.29 bits per heavy atom. The summed E-state index contributed by atoms with van der Waals surface area (Å²) in [5.74, 6) is 0.714. The zero-order chi connectivity index (χ0) is 13.2. The Morgan fingerprint density at radius 1 is 1.29 bits per heavy atom. The molecule has 1 aromatic rings. The van der Waals surface area contributed by atoms with E-state index in [-0.39, 0.29) is 5.54 Å². The van der Waals surface area contributed by atoms with Crippen molar-refractivity contribution in [2.75, 3.05) is 0 Å². The highest BCUT2D eigenvalue weighted by Crippen LogP contribution is 2.32. The Hall–Kier alpha value is -0.990. The van der Waals surface area contributed by atoms with Crippen molar-refractivity contribution >= 4 is 0 Å². The van der Waals surface area contributed by atoms with E-state index < -0.39 is 0 Å². The SMILES string of the molecule is CCCCc1c(C(C)C)nn(C(C)(C)C)c1O. The van der Waals surface area contributed by atoms with E-state index in [1.54, 1.807) is 4.68 Å². The summed E-state index contributed by atoms with van der Waals surface area (Å²) in [7, 11) is 0. The van der Waals surface area contributed by atoms with E-state index in [1.807, 2.05) is 0 Å². The molecule has 98 valence electrons. The van der Waals surface area contributed by atoms with Gasteiger partial charge in [-0.25, -0.2) is 4.68 Å². The molecule has 1 aromatic heterocycles. The summed E-state index contributed by atoms with van der Waals surface area (Å²) in [6.07, 6.45) is 3.16. The van der Waals surface area contributed by atoms with Gasteiger partial charge in [-0.1, -0.05) is 27.2 Å². The van der Waals surface area contributed by atoms with Crippen molar-refractivity contribution in [3.05, 3.63) is 11.3 Å². The highest BCUT2D eigenvalue weighted by molar-refractivity contribution is 5.33. The number of aromatic hydroxyl groups is 1. The van der Waals surface area contributed by atoms with Crippen LogP contribution in [0.3, 0.4) is 0 Å². The number of hydrogen-bond donors (Lipinski definition) is 1. The lowest BCUT2D eigenvalue weighted by Crippen LogP contribution is -2.22. The minimum absolute atomic E-state index is 0.168. The topological polar surface area (TPSA) is 38.0 Å². The lowest BCUT2D eigenvalue weighted by Gasteiger charge is -2.20. The van der Waals surface area contributed by atoms with Crippen LogP contribution in [0.1, 0.15) is 71.6 Å². The molecular weight excluding hydrogens is 212 g/mol. The molecular formula is C14H26N2O. The second-order valence-electron chi connectivity index (χ2n) is 6.03. The number of aromatic nitrogens is 2. The van der Waals surface area contributed by atoms with E-state index in [1.165, 1.54) is 0 Å². The highest BCUT2D eigenvalue weighted by atomic mass is 16.3. The maximum atomic E-state index is 10.3. The number of rotatable bonds is 4. The molecule has 0 amide bonds. The molecule has 0 unspecified atom stereocenters. The largest absolute Gasteiger partial charge is 0.493 e. The van der Waals surface area contributed by atoms with Gasteiger partial charge in [0.2, 0.25) is 5.88 Å². The van der Waals surface area contributed by atoms with Crippen LogP contribution in [0.15, 0.2) is 0 Å². The van der Waals surface area contributed by atoms with Gasteiger partial charge in [-0.05, 0) is 39.5 Å². The molecule has 0 saturated heterocycles. The van der Waals surface area contributed by atoms with Gasteiger partial charge in [0, 0.05) is 5.56 Å². The van der Waals surface area contributed by atoms with Crippen molar-refractivity contribution in [3.63, 3.8) is 0 Å². The lowest BCUT2D eigenvalue weighted by atomic mass is 10.0. The summed E-state index contributed by atoms with van der Waals surface area (Å²) in [5.41, 5.74) is 1.92. The molecule has 0 fully saturated rings. The van der Waals surface area contributed by atoms with Gasteiger partial charge in [-0.15, -0.1) is 0 Å². The van der Waals surface area contributed by atoms with Crippen LogP contribution in [0.25, 0.3) is 0 Å². The van der Waals surface area contributed by atoms with Gasteiger partial charge < -0.3 is 5.11 Å². The first-order valence-electron chi connectivity index (χ1n) is 6.60. The molecule has 0 aromatic carbocycles. The fraction of sp³-hybridized carbons (Fsp3) is 0.786. The normalized spacial score (nSPS) is 12.4. The second-order valence-corrected chi connectivity index (χ2v) is 6.03. The number of nitrogens with zero attached hydrogens (tertiary/aromatic N) is 2. The molecule has 1 N–H and O–H groups in total. The van der Waals surface area contributed by atoms with E-state index >= 15 is 0 Å². The van der Waals surface area contributed by atoms with Crippen LogP contribution in [-0.2, 0) is 12.0 Å². The van der Waals surface area contributed by atoms with Crippen molar-refractivity contribution in [2.24, 2.45) is 0 Å². The molecule has 0 aliphatic rings. The molecule has 0 aliphatic carbocycles. The van der Waals surface area contributed by atoms with Gasteiger partial charge in [0.25, 0.3) is 0 Å². The van der Waals surface area contributed by atoms with Crippen LogP contribution in [-0.4, -0.2) is 14.9 Å². The summed E-state index contributed by atoms with van der Waals surface area (Å²) in [6, 6.07) is 0. The maximum absolute atomic E-state index is 10.3. The predicted octanol–water partition coefficient (Wildman–Crippen LogP) is 3.81. The Balaban J connectivity index is 3.21. The summed E-state index contributed by atoms with van der Waals surface area (Å²) in [6.45, 7) is 12.6. The van der Waals surface area contributed by atoms with Gasteiger partial charge >= 0.3 is 0 Å². The standard InChI is InChI=1S/C14H26N2O/c1-7-8-9-11-12(10(2)3)15-16(13(11)17)14(4,5)6/h10,17H,7-9H2,1-6H3. The van der Waals surface area contributed by atoms with E-state index in [0.717, 1.165) is 30.5 Å². The Morgan fingerprint density at radius 2 is 1.88 bits per heavy atom. The Kier molecular flexibility index (Phi) is 4.23. The highest BCUT2D eigenvalue weighted by Gasteiger charge is 2.25. The van der Waals surface area contributed by atoms with Crippen LogP contribution in [0.5, 0.6) is 5.88 Å². The first kappa shape index (κ1) is 14.1. The predicted molar refractivity (Wildman–Crippen MR) is 71.6 cm³/mol. The first-order chi connectivity index (χ1) is 7.79. The second kappa shape index (κ2) is 5.11. The fourth-order valence-electron chi connectivity index (χ4n) is 1.98. The fourth-order valence-corrected chi connectivity index (χ4v) is 1.98. The van der Waals surface area contributed by atoms with Crippen LogP contribution >= 0.6 is 0 Å². The molecule has 1 rings (SSSR count). The average Bonchev–Trinajstić information content (AvgIpc) is 2.52. The van der Waals surface area contributed by atoms with Crippen LogP contribution in [0, 0.1) is 0 Å². The third-order valence-corrected chi connectivity index (χ3v) is 2.95. The zero-order valence-electron chi connectivity index (χ0n) is 12.0. The minimum atomic E-state index is -0.168. The zero-order valence-corrected chi connectivity index (χ0v) is 12.0. The number of unbranched alkanes of at least 4 members (excludes halogenated alkanes) is 1. The molecule has 3 nitrogen and oxygen atoms in total. The molecule has 0 saturated carbocycles. The van der Waals surface area contributed by atoms with Crippen molar-refractivity contribution in [2.45, 2.75) is 72.3 Å². The summed E-state index contributed by atoms with van der Waals surface area (Å²) >= 11 is 0. The third-order valence-electron chi connectivity index (χ3n) is 2.95. The van der Waals surface area contributed by atoms with Gasteiger partial charge in [0.15, 0.2) is 0 Å². The van der Waals surface area contributed by atoms with E-state index in [4.69, 9.17) is 0 Å². The molecule has 17 heavy (non-hydrogen) atoms. The van der Waals surface area contributed by atoms with E-state index in [2.05, 4.69) is 46.6 Å². The Bertz CT molecular complexity index is 372. The molecule has 1 heterocycles. The van der Waals surface area contributed by atoms with Crippen LogP contribution in [0.4, 0.5) is 0 Å². The third kappa shape index (κ3) is 3.02. The quantitative estimate of drug-likeness (QED) is 0.866. The van der Waals surface area contributed by atoms with Crippen molar-refractivity contribution in [1.29, 1.82) is 0 Å².